The fraction of sp³-hybridized carbons (Fsp3) is 0.200. The van der Waals surface area contributed by atoms with Crippen molar-refractivity contribution < 1.29 is 4.79 Å². The third-order valence-electron chi connectivity index (χ3n) is 3.40. The molecular weight excluding hydrogens is 320 g/mol. The van der Waals surface area contributed by atoms with Gasteiger partial charge in [-0.2, -0.15) is 0 Å². The van der Waals surface area contributed by atoms with E-state index in [1.54, 1.807) is 24.3 Å². The van der Waals surface area contributed by atoms with Gasteiger partial charge in [-0.3, -0.25) is 4.79 Å². The first-order valence-electron chi connectivity index (χ1n) is 7.86. The monoisotopic (exact) mass is 340 g/mol. The molecule has 0 aliphatic rings. The van der Waals surface area contributed by atoms with Crippen LogP contribution in [0.25, 0.3) is 0 Å². The molecule has 2 N–H and O–H groups in total. The number of allylic oxidation sites excluding steroid dienone is 2. The van der Waals surface area contributed by atoms with Crippen molar-refractivity contribution in [1.29, 1.82) is 5.41 Å². The summed E-state index contributed by atoms with van der Waals surface area (Å²) in [7, 11) is 0. The maximum Gasteiger partial charge on any atom is 0.187 e. The number of nitrogens with one attached hydrogen (secondary N) is 2. The van der Waals surface area contributed by atoms with Gasteiger partial charge in [0.2, 0.25) is 0 Å². The molecule has 0 heterocycles. The lowest BCUT2D eigenvalue weighted by atomic mass is 10.0. The molecular formula is C20H21ClN2O. The van der Waals surface area contributed by atoms with Crippen molar-refractivity contribution in [1.82, 2.24) is 5.32 Å². The molecule has 0 aliphatic carbocycles. The maximum absolute atomic E-state index is 12.4. The van der Waals surface area contributed by atoms with Crippen LogP contribution in [0.2, 0.25) is 5.02 Å². The molecule has 0 unspecified atom stereocenters. The molecule has 0 radical (unpaired) electrons. The van der Waals surface area contributed by atoms with Gasteiger partial charge < -0.3 is 10.7 Å². The predicted octanol–water partition coefficient (Wildman–Crippen LogP) is 4.86. The number of hydrogen-bond donors (Lipinski definition) is 2. The Kier molecular flexibility index (Phi) is 6.33. The molecule has 0 spiro atoms. The highest BCUT2D eigenvalue weighted by molar-refractivity contribution is 6.34. The van der Waals surface area contributed by atoms with Crippen molar-refractivity contribution in [3.63, 3.8) is 0 Å². The van der Waals surface area contributed by atoms with Crippen LogP contribution in [0.1, 0.15) is 36.2 Å². The molecule has 124 valence electrons. The molecule has 2 aromatic carbocycles. The minimum atomic E-state index is -0.0780. The van der Waals surface area contributed by atoms with Gasteiger partial charge in [0.05, 0.1) is 0 Å². The number of carbonyl (C=O) groups excluding carboxylic acids is 1. The van der Waals surface area contributed by atoms with Crippen molar-refractivity contribution >= 4 is 23.1 Å². The highest BCUT2D eigenvalue weighted by Crippen LogP contribution is 2.18. The number of carbonyl (C=O) groups is 1. The van der Waals surface area contributed by atoms with Crippen LogP contribution in [0.3, 0.4) is 0 Å². The Labute approximate surface area is 147 Å². The first-order chi connectivity index (χ1) is 11.5. The molecule has 3 nitrogen and oxygen atoms in total. The van der Waals surface area contributed by atoms with Crippen LogP contribution in [0.15, 0.2) is 66.4 Å². The summed E-state index contributed by atoms with van der Waals surface area (Å²) in [6.07, 6.45) is 1.89. The van der Waals surface area contributed by atoms with Gasteiger partial charge in [-0.1, -0.05) is 60.1 Å². The second-order valence-corrected chi connectivity index (χ2v) is 6.24. The molecule has 0 atom stereocenters. The average molecular weight is 341 g/mol. The van der Waals surface area contributed by atoms with E-state index < -0.39 is 0 Å². The fourth-order valence-corrected chi connectivity index (χ4v) is 2.60. The number of ketones is 1. The summed E-state index contributed by atoms with van der Waals surface area (Å²) in [5.41, 5.74) is 2.40. The smallest absolute Gasteiger partial charge is 0.187 e. The zero-order valence-corrected chi connectivity index (χ0v) is 14.6. The highest BCUT2D eigenvalue weighted by Gasteiger charge is 2.11. The summed E-state index contributed by atoms with van der Waals surface area (Å²) in [4.78, 5) is 12.4. The molecule has 0 fully saturated rings. The molecule has 0 saturated heterocycles. The van der Waals surface area contributed by atoms with E-state index in [1.807, 2.05) is 50.2 Å². The van der Waals surface area contributed by atoms with Crippen LogP contribution in [0.4, 0.5) is 0 Å². The summed E-state index contributed by atoms with van der Waals surface area (Å²) in [6.45, 7) is 4.00. The topological polar surface area (TPSA) is 53.0 Å². The van der Waals surface area contributed by atoms with Crippen LogP contribution < -0.4 is 5.32 Å². The van der Waals surface area contributed by atoms with E-state index in [-0.39, 0.29) is 11.8 Å². The summed E-state index contributed by atoms with van der Waals surface area (Å²) >= 11 is 6.16. The number of halogens is 1. The van der Waals surface area contributed by atoms with Gasteiger partial charge in [-0.15, -0.1) is 0 Å². The maximum atomic E-state index is 12.4. The van der Waals surface area contributed by atoms with E-state index >= 15 is 0 Å². The standard InChI is InChI=1S/C20H21ClN2O/c1-14(2)23-16(13-20(24)15-8-4-3-5-9-15)12-19(22)17-10-6-7-11-18(17)21/h3-11,13-14,22-23H,12H2,1-2H3/b16-13-,22-19?. The van der Waals surface area contributed by atoms with E-state index in [1.165, 1.54) is 0 Å². The van der Waals surface area contributed by atoms with E-state index in [4.69, 9.17) is 17.0 Å². The zero-order chi connectivity index (χ0) is 17.5. The Bertz CT molecular complexity index is 751. The summed E-state index contributed by atoms with van der Waals surface area (Å²) < 4.78 is 0. The number of rotatable bonds is 7. The lowest BCUT2D eigenvalue weighted by Crippen LogP contribution is -2.24. The lowest BCUT2D eigenvalue weighted by molar-refractivity contribution is 0.104. The molecule has 24 heavy (non-hydrogen) atoms. The van der Waals surface area contributed by atoms with E-state index in [2.05, 4.69) is 5.32 Å². The number of benzene rings is 2. The van der Waals surface area contributed by atoms with E-state index in [9.17, 15) is 4.79 Å². The third kappa shape index (κ3) is 5.07. The Morgan fingerprint density at radius 1 is 1.12 bits per heavy atom. The minimum Gasteiger partial charge on any atom is -0.386 e. The summed E-state index contributed by atoms with van der Waals surface area (Å²) in [6, 6.07) is 16.5. The Morgan fingerprint density at radius 2 is 1.75 bits per heavy atom. The van der Waals surface area contributed by atoms with Crippen molar-refractivity contribution in [2.75, 3.05) is 0 Å². The van der Waals surface area contributed by atoms with Crippen LogP contribution in [-0.2, 0) is 0 Å². The average Bonchev–Trinajstić information content (AvgIpc) is 2.55. The van der Waals surface area contributed by atoms with Crippen molar-refractivity contribution in [3.05, 3.63) is 82.5 Å². The van der Waals surface area contributed by atoms with Crippen LogP contribution in [-0.4, -0.2) is 17.5 Å². The number of hydrogen-bond acceptors (Lipinski definition) is 3. The van der Waals surface area contributed by atoms with Crippen molar-refractivity contribution in [2.45, 2.75) is 26.3 Å². The molecule has 0 bridgehead atoms. The quantitative estimate of drug-likeness (QED) is 0.429. The molecule has 2 rings (SSSR count). The second kappa shape index (κ2) is 8.46. The summed E-state index contributed by atoms with van der Waals surface area (Å²) in [5, 5.41) is 12.1. The van der Waals surface area contributed by atoms with Crippen molar-refractivity contribution in [2.24, 2.45) is 0 Å². The molecule has 2 aromatic rings. The molecule has 4 heteroatoms. The second-order valence-electron chi connectivity index (χ2n) is 5.83. The van der Waals surface area contributed by atoms with Gasteiger partial charge in [0.15, 0.2) is 5.78 Å². The molecule has 0 amide bonds. The fourth-order valence-electron chi connectivity index (χ4n) is 2.35. The normalized spacial score (nSPS) is 11.4. The lowest BCUT2D eigenvalue weighted by Gasteiger charge is -2.15. The molecule has 0 aromatic heterocycles. The van der Waals surface area contributed by atoms with Gasteiger partial charge in [0, 0.05) is 46.1 Å². The zero-order valence-electron chi connectivity index (χ0n) is 13.8. The van der Waals surface area contributed by atoms with Crippen molar-refractivity contribution in [3.8, 4) is 0 Å². The largest absolute Gasteiger partial charge is 0.386 e. The SMILES string of the molecule is CC(C)N/C(=C\C(=O)c1ccccc1)CC(=N)c1ccccc1Cl. The van der Waals surface area contributed by atoms with Crippen LogP contribution in [0, 0.1) is 5.41 Å². The van der Waals surface area contributed by atoms with Gasteiger partial charge in [0.1, 0.15) is 0 Å². The molecule has 0 aliphatic heterocycles. The first kappa shape index (κ1) is 18.0. The van der Waals surface area contributed by atoms with E-state index in [0.29, 0.717) is 34.0 Å². The molecule has 0 saturated carbocycles. The van der Waals surface area contributed by atoms with Gasteiger partial charge in [0.25, 0.3) is 0 Å². The Hall–Kier alpha value is -2.39. The van der Waals surface area contributed by atoms with Crippen LogP contribution >= 0.6 is 11.6 Å². The predicted molar refractivity (Wildman–Crippen MR) is 100 cm³/mol. The summed E-state index contributed by atoms with van der Waals surface area (Å²) in [5.74, 6) is -0.0780. The van der Waals surface area contributed by atoms with Gasteiger partial charge >= 0.3 is 0 Å². The van der Waals surface area contributed by atoms with Gasteiger partial charge in [-0.05, 0) is 19.9 Å². The third-order valence-corrected chi connectivity index (χ3v) is 3.73. The van der Waals surface area contributed by atoms with Crippen LogP contribution in [0.5, 0.6) is 0 Å². The minimum absolute atomic E-state index is 0.0780. The van der Waals surface area contributed by atoms with E-state index in [0.717, 1.165) is 0 Å². The van der Waals surface area contributed by atoms with Gasteiger partial charge in [-0.25, -0.2) is 0 Å². The highest BCUT2D eigenvalue weighted by atomic mass is 35.5. The Balaban J connectivity index is 2.22. The first-order valence-corrected chi connectivity index (χ1v) is 8.24. The Morgan fingerprint density at radius 3 is 2.38 bits per heavy atom.